The van der Waals surface area contributed by atoms with E-state index in [1.165, 1.54) is 11.1 Å². The first kappa shape index (κ1) is 16.3. The molecule has 0 radical (unpaired) electrons. The first-order valence-corrected chi connectivity index (χ1v) is 8.01. The lowest BCUT2D eigenvalue weighted by molar-refractivity contribution is 0.296. The number of anilines is 1. The zero-order chi connectivity index (χ0) is 15.8. The maximum atomic E-state index is 5.71. The van der Waals surface area contributed by atoms with E-state index in [1.54, 1.807) is 0 Å². The summed E-state index contributed by atoms with van der Waals surface area (Å²) in [5, 5.41) is 3.35. The average molecular weight is 299 g/mol. The third-order valence-electron chi connectivity index (χ3n) is 3.41. The van der Waals surface area contributed by atoms with Crippen molar-refractivity contribution in [3.05, 3.63) is 47.3 Å². The van der Waals surface area contributed by atoms with Crippen LogP contribution in [0.15, 0.2) is 30.3 Å². The Balaban J connectivity index is 2.02. The normalized spacial score (nSPS) is 10.5. The van der Waals surface area contributed by atoms with E-state index in [0.29, 0.717) is 12.5 Å². The van der Waals surface area contributed by atoms with Gasteiger partial charge in [0.2, 0.25) is 5.88 Å². The van der Waals surface area contributed by atoms with Crippen molar-refractivity contribution in [1.29, 1.82) is 0 Å². The van der Waals surface area contributed by atoms with Gasteiger partial charge in [0, 0.05) is 19.0 Å². The number of nitrogens with one attached hydrogen (secondary N) is 1. The summed E-state index contributed by atoms with van der Waals surface area (Å²) in [5.74, 6) is 2.28. The molecule has 0 amide bonds. The summed E-state index contributed by atoms with van der Waals surface area (Å²) in [6, 6.07) is 10.4. The Labute approximate surface area is 133 Å². The van der Waals surface area contributed by atoms with Gasteiger partial charge >= 0.3 is 0 Å². The van der Waals surface area contributed by atoms with Crippen molar-refractivity contribution in [3.63, 3.8) is 0 Å². The fraction of sp³-hybridized carbons (Fsp3) is 0.444. The van der Waals surface area contributed by atoms with Crippen LogP contribution in [-0.2, 0) is 13.0 Å². The van der Waals surface area contributed by atoms with Gasteiger partial charge in [-0.2, -0.15) is 4.98 Å². The largest absolute Gasteiger partial charge is 0.478 e. The second kappa shape index (κ2) is 8.37. The van der Waals surface area contributed by atoms with Gasteiger partial charge in [0.1, 0.15) is 11.6 Å². The van der Waals surface area contributed by atoms with E-state index in [0.717, 1.165) is 37.4 Å². The number of hydrogen-bond acceptors (Lipinski definition) is 4. The Kier molecular flexibility index (Phi) is 6.19. The standard InChI is InChI=1S/C18H25N3O/c1-4-6-11-22-18-12-17(20-16(5-2)21-18)19-13-15-9-7-14(3)8-10-15/h7-10,12H,4-6,11,13H2,1-3H3,(H,19,20,21). The van der Waals surface area contributed by atoms with E-state index < -0.39 is 0 Å². The van der Waals surface area contributed by atoms with Crippen LogP contribution >= 0.6 is 0 Å². The Bertz CT molecular complexity index is 581. The van der Waals surface area contributed by atoms with E-state index in [1.807, 2.05) is 6.07 Å². The van der Waals surface area contributed by atoms with Gasteiger partial charge in [-0.3, -0.25) is 0 Å². The molecule has 1 aromatic carbocycles. The van der Waals surface area contributed by atoms with Gasteiger partial charge in [-0.25, -0.2) is 4.98 Å². The predicted octanol–water partition coefficient (Wildman–Crippen LogP) is 4.14. The summed E-state index contributed by atoms with van der Waals surface area (Å²) in [6.07, 6.45) is 2.95. The zero-order valence-corrected chi connectivity index (χ0v) is 13.7. The second-order valence-corrected chi connectivity index (χ2v) is 5.40. The molecule has 0 bridgehead atoms. The fourth-order valence-electron chi connectivity index (χ4n) is 2.01. The highest BCUT2D eigenvalue weighted by molar-refractivity contribution is 5.39. The van der Waals surface area contributed by atoms with E-state index in [9.17, 15) is 0 Å². The van der Waals surface area contributed by atoms with Crippen LogP contribution in [0.5, 0.6) is 5.88 Å². The second-order valence-electron chi connectivity index (χ2n) is 5.40. The summed E-state index contributed by atoms with van der Waals surface area (Å²) in [5.41, 5.74) is 2.50. The molecule has 0 aliphatic heterocycles. The van der Waals surface area contributed by atoms with Crippen molar-refractivity contribution in [2.75, 3.05) is 11.9 Å². The lowest BCUT2D eigenvalue weighted by atomic mass is 10.1. The smallest absolute Gasteiger partial charge is 0.218 e. The van der Waals surface area contributed by atoms with Gasteiger partial charge in [-0.1, -0.05) is 50.1 Å². The minimum Gasteiger partial charge on any atom is -0.478 e. The molecule has 0 atom stereocenters. The van der Waals surface area contributed by atoms with Gasteiger partial charge in [0.15, 0.2) is 0 Å². The molecule has 1 N–H and O–H groups in total. The van der Waals surface area contributed by atoms with Crippen molar-refractivity contribution in [3.8, 4) is 5.88 Å². The molecule has 0 spiro atoms. The third-order valence-corrected chi connectivity index (χ3v) is 3.41. The number of hydrogen-bond donors (Lipinski definition) is 1. The molecule has 0 unspecified atom stereocenters. The third kappa shape index (κ3) is 5.02. The van der Waals surface area contributed by atoms with Crippen molar-refractivity contribution in [2.45, 2.75) is 46.6 Å². The van der Waals surface area contributed by atoms with Crippen molar-refractivity contribution in [2.24, 2.45) is 0 Å². The van der Waals surface area contributed by atoms with E-state index in [4.69, 9.17) is 4.74 Å². The van der Waals surface area contributed by atoms with Crippen LogP contribution in [0.1, 0.15) is 43.6 Å². The quantitative estimate of drug-likeness (QED) is 0.744. The monoisotopic (exact) mass is 299 g/mol. The number of rotatable bonds is 8. The summed E-state index contributed by atoms with van der Waals surface area (Å²) in [4.78, 5) is 8.93. The van der Waals surface area contributed by atoms with E-state index >= 15 is 0 Å². The van der Waals surface area contributed by atoms with Crippen LogP contribution in [0.2, 0.25) is 0 Å². The first-order chi connectivity index (χ1) is 10.7. The lowest BCUT2D eigenvalue weighted by Gasteiger charge is -2.10. The van der Waals surface area contributed by atoms with Gasteiger partial charge < -0.3 is 10.1 Å². The molecular formula is C18H25N3O. The molecule has 4 nitrogen and oxygen atoms in total. The summed E-state index contributed by atoms with van der Waals surface area (Å²) in [6.45, 7) is 7.74. The minimum atomic E-state index is 0.659. The lowest BCUT2D eigenvalue weighted by Crippen LogP contribution is -2.07. The SMILES string of the molecule is CCCCOc1cc(NCc2ccc(C)cc2)nc(CC)n1. The summed E-state index contributed by atoms with van der Waals surface area (Å²) >= 11 is 0. The van der Waals surface area contributed by atoms with Crippen molar-refractivity contribution >= 4 is 5.82 Å². The van der Waals surface area contributed by atoms with Gasteiger partial charge in [0.05, 0.1) is 6.61 Å². The molecule has 1 heterocycles. The maximum Gasteiger partial charge on any atom is 0.218 e. The maximum absolute atomic E-state index is 5.71. The molecule has 0 aliphatic rings. The summed E-state index contributed by atoms with van der Waals surface area (Å²) in [7, 11) is 0. The van der Waals surface area contributed by atoms with Crippen LogP contribution in [0.3, 0.4) is 0 Å². The Hall–Kier alpha value is -2.10. The Morgan fingerprint density at radius 3 is 2.55 bits per heavy atom. The van der Waals surface area contributed by atoms with Crippen LogP contribution in [0.25, 0.3) is 0 Å². The number of aromatic nitrogens is 2. The number of nitrogens with zero attached hydrogens (tertiary/aromatic N) is 2. The number of ether oxygens (including phenoxy) is 1. The highest BCUT2D eigenvalue weighted by Gasteiger charge is 2.05. The minimum absolute atomic E-state index is 0.659. The molecule has 118 valence electrons. The Morgan fingerprint density at radius 1 is 1.09 bits per heavy atom. The molecule has 0 saturated heterocycles. The molecular weight excluding hydrogens is 274 g/mol. The predicted molar refractivity (Wildman–Crippen MR) is 90.3 cm³/mol. The molecule has 0 saturated carbocycles. The van der Waals surface area contributed by atoms with E-state index in [-0.39, 0.29) is 0 Å². The van der Waals surface area contributed by atoms with Crippen molar-refractivity contribution < 1.29 is 4.74 Å². The molecule has 2 aromatic rings. The van der Waals surface area contributed by atoms with Gasteiger partial charge in [-0.05, 0) is 18.9 Å². The average Bonchev–Trinajstić information content (AvgIpc) is 2.54. The molecule has 0 fully saturated rings. The van der Waals surface area contributed by atoms with Crippen LogP contribution < -0.4 is 10.1 Å². The molecule has 1 aromatic heterocycles. The Morgan fingerprint density at radius 2 is 1.86 bits per heavy atom. The topological polar surface area (TPSA) is 47.0 Å². The highest BCUT2D eigenvalue weighted by Crippen LogP contribution is 2.15. The fourth-order valence-corrected chi connectivity index (χ4v) is 2.01. The van der Waals surface area contributed by atoms with Crippen LogP contribution in [0.4, 0.5) is 5.82 Å². The van der Waals surface area contributed by atoms with Gasteiger partial charge in [-0.15, -0.1) is 0 Å². The molecule has 22 heavy (non-hydrogen) atoms. The first-order valence-electron chi connectivity index (χ1n) is 8.01. The highest BCUT2D eigenvalue weighted by atomic mass is 16.5. The van der Waals surface area contributed by atoms with Gasteiger partial charge in [0.25, 0.3) is 0 Å². The number of benzene rings is 1. The molecule has 4 heteroatoms. The zero-order valence-electron chi connectivity index (χ0n) is 13.7. The van der Waals surface area contributed by atoms with Crippen LogP contribution in [-0.4, -0.2) is 16.6 Å². The summed E-state index contributed by atoms with van der Waals surface area (Å²) < 4.78 is 5.71. The van der Waals surface area contributed by atoms with E-state index in [2.05, 4.69) is 60.3 Å². The number of aryl methyl sites for hydroxylation is 2. The van der Waals surface area contributed by atoms with Crippen molar-refractivity contribution in [1.82, 2.24) is 9.97 Å². The molecule has 2 rings (SSSR count). The van der Waals surface area contributed by atoms with Crippen LogP contribution in [0, 0.1) is 6.92 Å². The number of unbranched alkanes of at least 4 members (excludes halogenated alkanes) is 1. The molecule has 0 aliphatic carbocycles.